The van der Waals surface area contributed by atoms with E-state index in [-0.39, 0.29) is 43.1 Å². The number of amides is 1. The molecule has 0 radical (unpaired) electrons. The first kappa shape index (κ1) is 27.0. The fraction of sp³-hybridized carbons (Fsp3) is 0.103. The first-order valence-electron chi connectivity index (χ1n) is 12.1. The van der Waals surface area contributed by atoms with E-state index in [4.69, 9.17) is 4.74 Å². The van der Waals surface area contributed by atoms with Gasteiger partial charge in [-0.15, -0.1) is 10.2 Å². The molecule has 8 nitrogen and oxygen atoms in total. The van der Waals surface area contributed by atoms with Crippen LogP contribution in [-0.4, -0.2) is 17.2 Å². The summed E-state index contributed by atoms with van der Waals surface area (Å²) in [6.45, 7) is 0.434. The van der Waals surface area contributed by atoms with Gasteiger partial charge in [-0.05, 0) is 74.4 Å². The molecule has 4 aromatic rings. The quantitative estimate of drug-likeness (QED) is 0.281. The summed E-state index contributed by atoms with van der Waals surface area (Å²) in [5.41, 5.74) is 3.71. The molecule has 2 aliphatic rings. The Bertz CT molecular complexity index is 1620. The van der Waals surface area contributed by atoms with E-state index in [1.54, 1.807) is 0 Å². The maximum absolute atomic E-state index is 12.8. The van der Waals surface area contributed by atoms with Crippen molar-refractivity contribution < 1.29 is 40.5 Å². The largest absolute Gasteiger partial charge is 1.00 e. The Labute approximate surface area is 253 Å². The van der Waals surface area contributed by atoms with E-state index < -0.39 is 0 Å². The molecule has 0 aromatic heterocycles. The van der Waals surface area contributed by atoms with Crippen LogP contribution in [0, 0.1) is 0 Å². The number of nitrogens with zero attached hydrogens (tertiary/aromatic N) is 5. The Balaban J connectivity index is 0.00000185. The third-order valence-corrected chi connectivity index (χ3v) is 6.96. The van der Waals surface area contributed by atoms with Crippen molar-refractivity contribution in [1.82, 2.24) is 5.32 Å². The molecule has 10 heteroatoms. The predicted molar refractivity (Wildman–Crippen MR) is 150 cm³/mol. The summed E-state index contributed by atoms with van der Waals surface area (Å²) in [7, 11) is 0. The summed E-state index contributed by atoms with van der Waals surface area (Å²) in [5.74, 6) is 0.528. The molecule has 0 spiro atoms. The Morgan fingerprint density at radius 2 is 1.59 bits per heavy atom. The number of nitrogens with one attached hydrogen (secondary N) is 1. The zero-order valence-corrected chi connectivity index (χ0v) is 24.0. The van der Waals surface area contributed by atoms with Gasteiger partial charge in [-0.1, -0.05) is 66.7 Å². The van der Waals surface area contributed by atoms with Crippen LogP contribution in [0.25, 0.3) is 16.8 Å². The molecule has 4 aromatic carbocycles. The number of rotatable bonds is 7. The molecule has 1 amide bonds. The van der Waals surface area contributed by atoms with E-state index in [9.17, 15) is 4.79 Å². The monoisotopic (exact) mass is 542 g/mol. The van der Waals surface area contributed by atoms with E-state index in [0.717, 1.165) is 38.9 Å². The van der Waals surface area contributed by atoms with Crippen LogP contribution in [0.1, 0.15) is 18.1 Å². The van der Waals surface area contributed by atoms with Gasteiger partial charge in [0.15, 0.2) is 11.3 Å². The fourth-order valence-corrected chi connectivity index (χ4v) is 4.97. The topological polar surface area (TPSA) is 100 Å². The molecule has 1 N–H and O–H groups in total. The molecule has 2 heterocycles. The van der Waals surface area contributed by atoms with Gasteiger partial charge in [-0.3, -0.25) is 4.79 Å². The second-order valence-corrected chi connectivity index (χ2v) is 9.78. The minimum atomic E-state index is -0.263. The van der Waals surface area contributed by atoms with E-state index in [1.165, 1.54) is 11.8 Å². The predicted octanol–water partition coefficient (Wildman–Crippen LogP) is 4.13. The van der Waals surface area contributed by atoms with Gasteiger partial charge in [0.1, 0.15) is 12.4 Å². The van der Waals surface area contributed by atoms with Crippen molar-refractivity contribution in [2.45, 2.75) is 19.2 Å². The molecule has 0 unspecified atom stereocenters. The average molecular weight is 543 g/mol. The van der Waals surface area contributed by atoms with E-state index in [0.29, 0.717) is 23.1 Å². The molecule has 0 saturated carbocycles. The summed E-state index contributed by atoms with van der Waals surface area (Å²) in [4.78, 5) is 18.0. The van der Waals surface area contributed by atoms with E-state index in [2.05, 4.69) is 43.1 Å². The summed E-state index contributed by atoms with van der Waals surface area (Å²) in [6, 6.07) is 29.9. The second-order valence-electron chi connectivity index (χ2n) is 8.75. The van der Waals surface area contributed by atoms with Crippen molar-refractivity contribution in [1.29, 1.82) is 0 Å². The fourth-order valence-electron chi connectivity index (χ4n) is 4.14. The zero-order valence-electron chi connectivity index (χ0n) is 22.2. The maximum Gasteiger partial charge on any atom is 1.00 e. The van der Waals surface area contributed by atoms with Crippen LogP contribution in [0.15, 0.2) is 122 Å². The van der Waals surface area contributed by atoms with Crippen LogP contribution in [0.4, 0.5) is 5.69 Å². The number of ether oxygens (including phenoxy) is 1. The molecular formula is C29H23N6NaO2S. The Kier molecular flexibility index (Phi) is 8.63. The SMILES string of the molecule is O=C1NC(=Nc2ccc(CC3N=NN=N3)cc2)S/C1=C/c1cc2ccccc2cc1OCc1ccccc1.[H-].[Na+]. The minimum absolute atomic E-state index is 0. The molecule has 0 bridgehead atoms. The van der Waals surface area contributed by atoms with E-state index in [1.807, 2.05) is 84.9 Å². The first-order valence-corrected chi connectivity index (χ1v) is 12.9. The summed E-state index contributed by atoms with van der Waals surface area (Å²) in [6.07, 6.45) is 2.23. The first-order chi connectivity index (χ1) is 18.7. The molecule has 6 rings (SSSR count). The summed E-state index contributed by atoms with van der Waals surface area (Å²) in [5, 5.41) is 20.5. The number of hydrogen-bond acceptors (Lipinski definition) is 8. The van der Waals surface area contributed by atoms with E-state index >= 15 is 0 Å². The zero-order chi connectivity index (χ0) is 25.7. The van der Waals surface area contributed by atoms with Gasteiger partial charge in [0.2, 0.25) is 0 Å². The molecule has 1 fully saturated rings. The van der Waals surface area contributed by atoms with Crippen LogP contribution < -0.4 is 39.6 Å². The number of amidine groups is 1. The van der Waals surface area contributed by atoms with Crippen LogP contribution in [0.2, 0.25) is 0 Å². The number of benzene rings is 4. The van der Waals surface area contributed by atoms with Crippen LogP contribution in [0.3, 0.4) is 0 Å². The third-order valence-electron chi connectivity index (χ3n) is 6.05. The van der Waals surface area contributed by atoms with Crippen LogP contribution in [-0.2, 0) is 17.8 Å². The van der Waals surface area contributed by atoms with Crippen molar-refractivity contribution in [3.8, 4) is 5.75 Å². The van der Waals surface area contributed by atoms with Crippen LogP contribution in [0.5, 0.6) is 5.75 Å². The number of thioether (sulfide) groups is 1. The maximum atomic E-state index is 12.8. The number of carbonyl (C=O) groups excluding carboxylic acids is 1. The number of aliphatic imine (C=N–C) groups is 1. The van der Waals surface area contributed by atoms with Gasteiger partial charge in [0.25, 0.3) is 5.91 Å². The molecule has 2 aliphatic heterocycles. The standard InChI is InChI=1S/C29H22N6O2S.Na.H/c36-28-26(38-29(31-28)30-24-12-10-19(11-13-24)14-27-32-34-35-33-27)17-23-15-21-8-4-5-9-22(21)16-25(23)37-18-20-6-2-1-3-7-20;;/h1-13,15-17,27H,14,18H2,(H,30,31,36);;/q;+1;-1/b26-17+;;. The Morgan fingerprint density at radius 1 is 0.897 bits per heavy atom. The molecule has 188 valence electrons. The van der Waals surface area contributed by atoms with Gasteiger partial charge >= 0.3 is 29.6 Å². The number of carbonyl (C=O) groups is 1. The van der Waals surface area contributed by atoms with Crippen LogP contribution >= 0.6 is 11.8 Å². The minimum Gasteiger partial charge on any atom is -1.00 e. The van der Waals surface area contributed by atoms with Gasteiger partial charge in [0, 0.05) is 12.0 Å². The average Bonchev–Trinajstić information content (AvgIpc) is 3.58. The summed E-state index contributed by atoms with van der Waals surface area (Å²) >= 11 is 1.31. The molecule has 1 saturated heterocycles. The number of fused-ring (bicyclic) bond motifs is 1. The van der Waals surface area contributed by atoms with Crippen molar-refractivity contribution in [3.05, 3.63) is 113 Å². The Hall–Kier alpha value is -3.63. The van der Waals surface area contributed by atoms with Gasteiger partial charge in [-0.2, -0.15) is 0 Å². The van der Waals surface area contributed by atoms with Gasteiger partial charge in [0.05, 0.1) is 10.6 Å². The second kappa shape index (κ2) is 12.5. The summed E-state index contributed by atoms with van der Waals surface area (Å²) < 4.78 is 6.22. The van der Waals surface area contributed by atoms with Crippen molar-refractivity contribution in [3.63, 3.8) is 0 Å². The normalized spacial score (nSPS) is 16.7. The molecule has 0 atom stereocenters. The smallest absolute Gasteiger partial charge is 1.00 e. The van der Waals surface area contributed by atoms with Gasteiger partial charge in [-0.25, -0.2) is 4.99 Å². The molecule has 0 aliphatic carbocycles. The molecular weight excluding hydrogens is 519 g/mol. The van der Waals surface area contributed by atoms with Gasteiger partial charge < -0.3 is 11.5 Å². The van der Waals surface area contributed by atoms with Crippen molar-refractivity contribution >= 4 is 45.4 Å². The Morgan fingerprint density at radius 3 is 2.33 bits per heavy atom. The third kappa shape index (κ3) is 6.69. The molecule has 39 heavy (non-hydrogen) atoms. The van der Waals surface area contributed by atoms with Crippen molar-refractivity contribution in [2.24, 2.45) is 25.7 Å². The van der Waals surface area contributed by atoms with Crippen molar-refractivity contribution in [2.75, 3.05) is 0 Å². The number of hydrogen-bond donors (Lipinski definition) is 1.